The molecule has 2 aliphatic rings. The van der Waals surface area contributed by atoms with Crippen LogP contribution in [-0.2, 0) is 9.59 Å². The number of nitrogens with one attached hydrogen (secondary N) is 1. The molecule has 0 aromatic rings. The van der Waals surface area contributed by atoms with Crippen LogP contribution in [0.1, 0.15) is 51.4 Å². The highest BCUT2D eigenvalue weighted by Gasteiger charge is 2.36. The molecule has 2 rings (SSSR count). The van der Waals surface area contributed by atoms with Crippen molar-refractivity contribution in [2.45, 2.75) is 57.4 Å². The topological polar surface area (TPSA) is 86.7 Å². The van der Waals surface area contributed by atoms with Crippen molar-refractivity contribution in [2.24, 2.45) is 5.92 Å². The van der Waals surface area contributed by atoms with Crippen molar-refractivity contribution in [2.75, 3.05) is 6.54 Å². The number of fused-ring (bicyclic) bond motifs is 1. The molecule has 0 radical (unpaired) electrons. The standard InChI is InChI=1S/C14H22N2O4/c17-12(7-8-13(18)19)15-14(20)16-9-3-5-10-4-1-2-6-11(10)16/h10-11H,1-9H2,(H,18,19)(H,15,17,20)/t10-,11-/m1/s1. The molecule has 1 heterocycles. The van der Waals surface area contributed by atoms with Crippen molar-refractivity contribution in [3.8, 4) is 0 Å². The number of hydrogen-bond acceptors (Lipinski definition) is 3. The predicted octanol–water partition coefficient (Wildman–Crippen LogP) is 1.74. The smallest absolute Gasteiger partial charge is 0.324 e. The Morgan fingerprint density at radius 2 is 1.75 bits per heavy atom. The quantitative estimate of drug-likeness (QED) is 0.825. The lowest BCUT2D eigenvalue weighted by Crippen LogP contribution is -2.54. The maximum absolute atomic E-state index is 12.2. The van der Waals surface area contributed by atoms with Gasteiger partial charge in [0.05, 0.1) is 6.42 Å². The third-order valence-electron chi connectivity index (χ3n) is 4.32. The van der Waals surface area contributed by atoms with Gasteiger partial charge in [0.2, 0.25) is 5.91 Å². The van der Waals surface area contributed by atoms with E-state index in [2.05, 4.69) is 5.32 Å². The van der Waals surface area contributed by atoms with Gasteiger partial charge in [-0.25, -0.2) is 4.79 Å². The maximum Gasteiger partial charge on any atom is 0.324 e. The van der Waals surface area contributed by atoms with E-state index in [0.29, 0.717) is 12.5 Å². The lowest BCUT2D eigenvalue weighted by atomic mass is 9.78. The van der Waals surface area contributed by atoms with Gasteiger partial charge in [0.25, 0.3) is 0 Å². The van der Waals surface area contributed by atoms with Gasteiger partial charge in [0.15, 0.2) is 0 Å². The number of urea groups is 1. The van der Waals surface area contributed by atoms with Crippen molar-refractivity contribution in [3.63, 3.8) is 0 Å². The van der Waals surface area contributed by atoms with Crippen molar-refractivity contribution < 1.29 is 19.5 Å². The van der Waals surface area contributed by atoms with Crippen molar-refractivity contribution in [1.29, 1.82) is 0 Å². The fraction of sp³-hybridized carbons (Fsp3) is 0.786. The number of carboxylic acid groups (broad SMARTS) is 1. The molecule has 0 unspecified atom stereocenters. The summed E-state index contributed by atoms with van der Waals surface area (Å²) in [5.74, 6) is -0.967. The van der Waals surface area contributed by atoms with E-state index >= 15 is 0 Å². The lowest BCUT2D eigenvalue weighted by Gasteiger charge is -2.43. The van der Waals surface area contributed by atoms with Crippen LogP contribution >= 0.6 is 0 Å². The summed E-state index contributed by atoms with van der Waals surface area (Å²) in [7, 11) is 0. The molecule has 0 aromatic carbocycles. The summed E-state index contributed by atoms with van der Waals surface area (Å²) in [6.07, 6.45) is 6.31. The first-order valence-electron chi connectivity index (χ1n) is 7.40. The number of carbonyl (C=O) groups excluding carboxylic acids is 2. The van der Waals surface area contributed by atoms with Crippen molar-refractivity contribution in [3.05, 3.63) is 0 Å². The number of carbonyl (C=O) groups is 3. The largest absolute Gasteiger partial charge is 0.481 e. The number of likely N-dealkylation sites (tertiary alicyclic amines) is 1. The number of rotatable bonds is 3. The third-order valence-corrected chi connectivity index (χ3v) is 4.32. The van der Waals surface area contributed by atoms with Crippen LogP contribution in [0.15, 0.2) is 0 Å². The normalized spacial score (nSPS) is 25.7. The van der Waals surface area contributed by atoms with E-state index in [1.165, 1.54) is 19.3 Å². The third kappa shape index (κ3) is 3.71. The highest BCUT2D eigenvalue weighted by atomic mass is 16.4. The zero-order valence-corrected chi connectivity index (χ0v) is 11.6. The molecule has 1 aliphatic carbocycles. The SMILES string of the molecule is O=C(O)CCC(=O)NC(=O)N1CCC[C@H]2CCCC[C@H]21. The molecule has 3 amide bonds. The second-order valence-corrected chi connectivity index (χ2v) is 5.69. The van der Waals surface area contributed by atoms with Gasteiger partial charge < -0.3 is 10.0 Å². The van der Waals surface area contributed by atoms with Crippen LogP contribution in [-0.4, -0.2) is 40.5 Å². The minimum absolute atomic E-state index is 0.150. The molecule has 0 spiro atoms. The molecule has 0 aromatic heterocycles. The summed E-state index contributed by atoms with van der Waals surface area (Å²) in [6.45, 7) is 0.694. The summed E-state index contributed by atoms with van der Waals surface area (Å²) >= 11 is 0. The molecule has 2 atom stereocenters. The monoisotopic (exact) mass is 282 g/mol. The van der Waals surface area contributed by atoms with Crippen molar-refractivity contribution in [1.82, 2.24) is 10.2 Å². The van der Waals surface area contributed by atoms with Crippen LogP contribution in [0.3, 0.4) is 0 Å². The van der Waals surface area contributed by atoms with Gasteiger partial charge in [0, 0.05) is 19.0 Å². The zero-order chi connectivity index (χ0) is 14.5. The molecule has 1 saturated carbocycles. The Kier molecular flexibility index (Phi) is 4.98. The highest BCUT2D eigenvalue weighted by molar-refractivity contribution is 5.95. The number of imide groups is 1. The molecule has 20 heavy (non-hydrogen) atoms. The molecule has 2 N–H and O–H groups in total. The van der Waals surface area contributed by atoms with Crippen LogP contribution in [0, 0.1) is 5.92 Å². The first-order valence-corrected chi connectivity index (χ1v) is 7.40. The maximum atomic E-state index is 12.2. The molecule has 112 valence electrons. The van der Waals surface area contributed by atoms with E-state index < -0.39 is 11.9 Å². The fourth-order valence-corrected chi connectivity index (χ4v) is 3.35. The van der Waals surface area contributed by atoms with Crippen LogP contribution in [0.5, 0.6) is 0 Å². The van der Waals surface area contributed by atoms with Crippen LogP contribution < -0.4 is 5.32 Å². The molecular weight excluding hydrogens is 260 g/mol. The van der Waals surface area contributed by atoms with E-state index in [9.17, 15) is 14.4 Å². The van der Waals surface area contributed by atoms with Gasteiger partial charge >= 0.3 is 12.0 Å². The number of nitrogens with zero attached hydrogens (tertiary/aromatic N) is 1. The molecular formula is C14H22N2O4. The van der Waals surface area contributed by atoms with Gasteiger partial charge in [-0.05, 0) is 31.6 Å². The summed E-state index contributed by atoms with van der Waals surface area (Å²) < 4.78 is 0. The van der Waals surface area contributed by atoms with Crippen LogP contribution in [0.4, 0.5) is 4.79 Å². The highest BCUT2D eigenvalue weighted by Crippen LogP contribution is 2.35. The summed E-state index contributed by atoms with van der Waals surface area (Å²) in [5, 5.41) is 10.8. The van der Waals surface area contributed by atoms with E-state index in [0.717, 1.165) is 19.3 Å². The molecule has 6 heteroatoms. The summed E-state index contributed by atoms with van der Waals surface area (Å²) in [6, 6.07) is -0.0956. The first-order chi connectivity index (χ1) is 9.58. The number of carboxylic acids is 1. The minimum atomic E-state index is -1.03. The lowest BCUT2D eigenvalue weighted by molar-refractivity contribution is -0.138. The summed E-state index contributed by atoms with van der Waals surface area (Å²) in [5.41, 5.74) is 0. The fourth-order valence-electron chi connectivity index (χ4n) is 3.35. The predicted molar refractivity (Wildman–Crippen MR) is 72.1 cm³/mol. The Balaban J connectivity index is 1.87. The Hall–Kier alpha value is -1.59. The zero-order valence-electron chi connectivity index (χ0n) is 11.6. The molecule has 0 bridgehead atoms. The Morgan fingerprint density at radius 1 is 1.05 bits per heavy atom. The average Bonchev–Trinajstić information content (AvgIpc) is 2.44. The first kappa shape index (κ1) is 14.8. The molecule has 1 saturated heterocycles. The number of hydrogen-bond donors (Lipinski definition) is 2. The number of aliphatic carboxylic acids is 1. The van der Waals surface area contributed by atoms with E-state index in [4.69, 9.17) is 5.11 Å². The van der Waals surface area contributed by atoms with Gasteiger partial charge in [-0.2, -0.15) is 0 Å². The molecule has 6 nitrogen and oxygen atoms in total. The van der Waals surface area contributed by atoms with E-state index in [1.807, 2.05) is 0 Å². The summed E-state index contributed by atoms with van der Waals surface area (Å²) in [4.78, 5) is 35.9. The Morgan fingerprint density at radius 3 is 2.50 bits per heavy atom. The number of piperidine rings is 1. The number of amides is 3. The second-order valence-electron chi connectivity index (χ2n) is 5.69. The van der Waals surface area contributed by atoms with Gasteiger partial charge in [0.1, 0.15) is 0 Å². The molecule has 2 fully saturated rings. The second kappa shape index (κ2) is 6.72. The van der Waals surface area contributed by atoms with E-state index in [1.54, 1.807) is 4.90 Å². The van der Waals surface area contributed by atoms with Crippen molar-refractivity contribution >= 4 is 17.9 Å². The van der Waals surface area contributed by atoms with Gasteiger partial charge in [-0.1, -0.05) is 12.8 Å². The van der Waals surface area contributed by atoms with Gasteiger partial charge in [-0.3, -0.25) is 14.9 Å². The van der Waals surface area contributed by atoms with Gasteiger partial charge in [-0.15, -0.1) is 0 Å². The molecule has 1 aliphatic heterocycles. The minimum Gasteiger partial charge on any atom is -0.481 e. The van der Waals surface area contributed by atoms with Crippen LogP contribution in [0.25, 0.3) is 0 Å². The average molecular weight is 282 g/mol. The van der Waals surface area contributed by atoms with Crippen LogP contribution in [0.2, 0.25) is 0 Å². The van der Waals surface area contributed by atoms with E-state index in [-0.39, 0.29) is 24.9 Å². The Labute approximate surface area is 118 Å². The Bertz CT molecular complexity index is 395.